The Bertz CT molecular complexity index is 391. The molecule has 0 unspecified atom stereocenters. The summed E-state index contributed by atoms with van der Waals surface area (Å²) in [7, 11) is 4.09. The lowest BCUT2D eigenvalue weighted by Crippen LogP contribution is -2.33. The Labute approximate surface area is 109 Å². The predicted molar refractivity (Wildman–Crippen MR) is 76.6 cm³/mol. The van der Waals surface area contributed by atoms with Gasteiger partial charge in [-0.1, -0.05) is 6.92 Å². The Morgan fingerprint density at radius 1 is 1.17 bits per heavy atom. The van der Waals surface area contributed by atoms with Gasteiger partial charge in [0, 0.05) is 19.6 Å². The molecule has 0 radical (unpaired) electrons. The molecule has 0 aliphatic carbocycles. The summed E-state index contributed by atoms with van der Waals surface area (Å²) in [6, 6.07) is 3.26. The molecule has 1 aromatic carbocycles. The van der Waals surface area contributed by atoms with E-state index in [0.717, 1.165) is 31.7 Å². The average Bonchev–Trinajstić information content (AvgIpc) is 2.29. The van der Waals surface area contributed by atoms with Crippen LogP contribution >= 0.6 is 0 Å². The third-order valence-electron chi connectivity index (χ3n) is 2.96. The van der Waals surface area contributed by atoms with Gasteiger partial charge in [0.15, 0.2) is 0 Å². The highest BCUT2D eigenvalue weighted by molar-refractivity contribution is 5.68. The number of nitrogens with zero attached hydrogens (tertiary/aromatic N) is 2. The molecule has 1 rings (SSSR count). The molecule has 0 saturated carbocycles. The van der Waals surface area contributed by atoms with E-state index < -0.39 is 0 Å². The first-order chi connectivity index (χ1) is 8.45. The molecule has 0 heterocycles. The van der Waals surface area contributed by atoms with Crippen molar-refractivity contribution in [2.24, 2.45) is 0 Å². The summed E-state index contributed by atoms with van der Waals surface area (Å²) in [4.78, 5) is 4.36. The highest BCUT2D eigenvalue weighted by Crippen LogP contribution is 2.26. The van der Waals surface area contributed by atoms with Crippen molar-refractivity contribution in [3.63, 3.8) is 0 Å². The van der Waals surface area contributed by atoms with Gasteiger partial charge in [0.1, 0.15) is 5.82 Å². The molecule has 2 N–H and O–H groups in total. The van der Waals surface area contributed by atoms with Crippen molar-refractivity contribution < 1.29 is 4.39 Å². The highest BCUT2D eigenvalue weighted by atomic mass is 19.1. The van der Waals surface area contributed by atoms with E-state index in [1.165, 1.54) is 6.07 Å². The molecule has 0 aromatic heterocycles. The second-order valence-electron chi connectivity index (χ2n) is 4.95. The molecule has 0 atom stereocenters. The first-order valence-corrected chi connectivity index (χ1v) is 6.41. The number of aryl methyl sites for hydroxylation is 1. The van der Waals surface area contributed by atoms with Gasteiger partial charge in [0.05, 0.1) is 11.4 Å². The average molecular weight is 253 g/mol. The number of hydrogen-bond acceptors (Lipinski definition) is 3. The summed E-state index contributed by atoms with van der Waals surface area (Å²) >= 11 is 0. The third-order valence-corrected chi connectivity index (χ3v) is 2.96. The van der Waals surface area contributed by atoms with Crippen molar-refractivity contribution >= 4 is 11.4 Å². The van der Waals surface area contributed by atoms with Crippen LogP contribution in [0.25, 0.3) is 0 Å². The molecule has 18 heavy (non-hydrogen) atoms. The summed E-state index contributed by atoms with van der Waals surface area (Å²) in [6.45, 7) is 6.69. The zero-order valence-corrected chi connectivity index (χ0v) is 11.8. The second-order valence-corrected chi connectivity index (χ2v) is 4.95. The monoisotopic (exact) mass is 253 g/mol. The van der Waals surface area contributed by atoms with Crippen molar-refractivity contribution in [3.8, 4) is 0 Å². The number of rotatable bonds is 6. The van der Waals surface area contributed by atoms with Gasteiger partial charge in [-0.3, -0.25) is 0 Å². The van der Waals surface area contributed by atoms with Crippen molar-refractivity contribution in [2.75, 3.05) is 44.4 Å². The standard InChI is InChI=1S/C14H24FN3/c1-5-6-18(8-7-17(3)4)14-9-11(2)12(15)10-13(14)16/h9-10H,5-8,16H2,1-4H3. The molecule has 0 aliphatic heterocycles. The zero-order valence-electron chi connectivity index (χ0n) is 11.8. The van der Waals surface area contributed by atoms with Crippen molar-refractivity contribution in [2.45, 2.75) is 20.3 Å². The van der Waals surface area contributed by atoms with Crippen LogP contribution in [0.15, 0.2) is 12.1 Å². The van der Waals surface area contributed by atoms with Crippen LogP contribution < -0.4 is 10.6 Å². The number of anilines is 2. The lowest BCUT2D eigenvalue weighted by Gasteiger charge is -2.27. The van der Waals surface area contributed by atoms with Gasteiger partial charge in [-0.2, -0.15) is 0 Å². The van der Waals surface area contributed by atoms with E-state index in [1.54, 1.807) is 6.92 Å². The Kier molecular flexibility index (Phi) is 5.41. The minimum Gasteiger partial charge on any atom is -0.397 e. The maximum absolute atomic E-state index is 13.4. The van der Waals surface area contributed by atoms with Crippen LogP contribution in [0.1, 0.15) is 18.9 Å². The van der Waals surface area contributed by atoms with E-state index in [2.05, 4.69) is 16.7 Å². The van der Waals surface area contributed by atoms with E-state index in [0.29, 0.717) is 11.3 Å². The van der Waals surface area contributed by atoms with E-state index in [1.807, 2.05) is 20.2 Å². The third kappa shape index (κ3) is 3.88. The lowest BCUT2D eigenvalue weighted by molar-refractivity contribution is 0.413. The molecule has 0 bridgehead atoms. The van der Waals surface area contributed by atoms with Gasteiger partial charge < -0.3 is 15.5 Å². The fourth-order valence-corrected chi connectivity index (χ4v) is 1.90. The normalized spacial score (nSPS) is 11.0. The summed E-state index contributed by atoms with van der Waals surface area (Å²) in [5.74, 6) is -0.236. The van der Waals surface area contributed by atoms with Crippen LogP contribution in [0.4, 0.5) is 15.8 Å². The second kappa shape index (κ2) is 6.59. The smallest absolute Gasteiger partial charge is 0.128 e. The SMILES string of the molecule is CCCN(CCN(C)C)c1cc(C)c(F)cc1N. The number of benzene rings is 1. The molecule has 0 saturated heterocycles. The molecule has 4 heteroatoms. The number of nitrogens with two attached hydrogens (primary N) is 1. The zero-order chi connectivity index (χ0) is 13.7. The summed E-state index contributed by atoms with van der Waals surface area (Å²) in [5, 5.41) is 0. The number of halogens is 1. The van der Waals surface area contributed by atoms with Gasteiger partial charge in [0.2, 0.25) is 0 Å². The quantitative estimate of drug-likeness (QED) is 0.791. The van der Waals surface area contributed by atoms with E-state index in [9.17, 15) is 4.39 Å². The van der Waals surface area contributed by atoms with Gasteiger partial charge in [-0.05, 0) is 45.1 Å². The molecule has 0 amide bonds. The van der Waals surface area contributed by atoms with Gasteiger partial charge in [-0.15, -0.1) is 0 Å². The molecular weight excluding hydrogens is 229 g/mol. The van der Waals surface area contributed by atoms with Crippen LogP contribution in [0, 0.1) is 12.7 Å². The van der Waals surface area contributed by atoms with Gasteiger partial charge in [0.25, 0.3) is 0 Å². The summed E-state index contributed by atoms with van der Waals surface area (Å²) in [5.41, 5.74) is 8.04. The highest BCUT2D eigenvalue weighted by Gasteiger charge is 2.12. The Balaban J connectivity index is 2.94. The first-order valence-electron chi connectivity index (χ1n) is 6.41. The first kappa shape index (κ1) is 14.8. The van der Waals surface area contributed by atoms with Gasteiger partial charge in [-0.25, -0.2) is 4.39 Å². The minimum atomic E-state index is -0.236. The minimum absolute atomic E-state index is 0.236. The molecule has 102 valence electrons. The van der Waals surface area contributed by atoms with Crippen LogP contribution in [0.5, 0.6) is 0 Å². The van der Waals surface area contributed by atoms with Crippen molar-refractivity contribution in [3.05, 3.63) is 23.5 Å². The molecular formula is C14H24FN3. The molecule has 0 spiro atoms. The number of nitrogen functional groups attached to an aromatic ring is 1. The Morgan fingerprint density at radius 2 is 1.83 bits per heavy atom. The topological polar surface area (TPSA) is 32.5 Å². The predicted octanol–water partition coefficient (Wildman–Crippen LogP) is 2.49. The summed E-state index contributed by atoms with van der Waals surface area (Å²) in [6.07, 6.45) is 1.04. The van der Waals surface area contributed by atoms with Gasteiger partial charge >= 0.3 is 0 Å². The van der Waals surface area contributed by atoms with Crippen LogP contribution in [-0.4, -0.2) is 38.6 Å². The lowest BCUT2D eigenvalue weighted by atomic mass is 10.1. The Hall–Kier alpha value is -1.29. The summed E-state index contributed by atoms with van der Waals surface area (Å²) < 4.78 is 13.4. The fourth-order valence-electron chi connectivity index (χ4n) is 1.90. The molecule has 0 aliphatic rings. The largest absolute Gasteiger partial charge is 0.397 e. The van der Waals surface area contributed by atoms with E-state index in [-0.39, 0.29) is 5.82 Å². The number of hydrogen-bond donors (Lipinski definition) is 1. The van der Waals surface area contributed by atoms with Crippen LogP contribution in [0.3, 0.4) is 0 Å². The maximum atomic E-state index is 13.4. The van der Waals surface area contributed by atoms with E-state index >= 15 is 0 Å². The Morgan fingerprint density at radius 3 is 2.39 bits per heavy atom. The fraction of sp³-hybridized carbons (Fsp3) is 0.571. The van der Waals surface area contributed by atoms with E-state index in [4.69, 9.17) is 5.73 Å². The van der Waals surface area contributed by atoms with Crippen LogP contribution in [0.2, 0.25) is 0 Å². The van der Waals surface area contributed by atoms with Crippen LogP contribution in [-0.2, 0) is 0 Å². The van der Waals surface area contributed by atoms with Crippen molar-refractivity contribution in [1.29, 1.82) is 0 Å². The molecule has 3 nitrogen and oxygen atoms in total. The molecule has 1 aromatic rings. The molecule has 0 fully saturated rings. The van der Waals surface area contributed by atoms with Crippen molar-refractivity contribution in [1.82, 2.24) is 4.90 Å². The maximum Gasteiger partial charge on any atom is 0.128 e. The number of likely N-dealkylation sites (N-methyl/N-ethyl adjacent to an activating group) is 1.